The molecule has 15 heavy (non-hydrogen) atoms. The zero-order chi connectivity index (χ0) is 10.8. The first-order chi connectivity index (χ1) is 7.16. The van der Waals surface area contributed by atoms with Gasteiger partial charge in [-0.3, -0.25) is 0 Å². The molecule has 2 rings (SSSR count). The second kappa shape index (κ2) is 4.18. The van der Waals surface area contributed by atoms with Crippen molar-refractivity contribution in [2.45, 2.75) is 0 Å². The van der Waals surface area contributed by atoms with E-state index in [2.05, 4.69) is 30.5 Å². The molecule has 0 fully saturated rings. The van der Waals surface area contributed by atoms with Crippen LogP contribution in [0.4, 0.5) is 11.8 Å². The third-order valence-electron chi connectivity index (χ3n) is 1.42. The van der Waals surface area contributed by atoms with Gasteiger partial charge in [-0.1, -0.05) is 34.8 Å². The highest BCUT2D eigenvalue weighted by Gasteiger charge is 2.10. The standard InChI is InChI=1S/C6H3Cl3N6/c7-2-3(8)13-5(4(9)12-2)14-6-10-1-11-15-6/h1H,(H2,10,11,13,14,15). The monoisotopic (exact) mass is 264 g/mol. The Kier molecular flexibility index (Phi) is 2.90. The lowest BCUT2D eigenvalue weighted by Gasteiger charge is -2.04. The molecule has 0 atom stereocenters. The Hall–Kier alpha value is -1.11. The molecule has 0 spiro atoms. The average Bonchev–Trinajstić information content (AvgIpc) is 2.67. The van der Waals surface area contributed by atoms with Crippen LogP contribution in [0.3, 0.4) is 0 Å². The number of aromatic amines is 1. The molecule has 6 nitrogen and oxygen atoms in total. The van der Waals surface area contributed by atoms with Crippen LogP contribution in [0.15, 0.2) is 6.33 Å². The molecular formula is C6H3Cl3N6. The molecule has 0 aliphatic carbocycles. The van der Waals surface area contributed by atoms with Crippen molar-refractivity contribution in [2.24, 2.45) is 0 Å². The molecule has 0 saturated heterocycles. The first kappa shape index (κ1) is 10.4. The zero-order valence-electron chi connectivity index (χ0n) is 7.00. The molecule has 2 aromatic heterocycles. The van der Waals surface area contributed by atoms with E-state index in [1.807, 2.05) is 0 Å². The summed E-state index contributed by atoms with van der Waals surface area (Å²) in [5.41, 5.74) is 0. The van der Waals surface area contributed by atoms with Gasteiger partial charge in [0.25, 0.3) is 0 Å². The molecule has 9 heteroatoms. The summed E-state index contributed by atoms with van der Waals surface area (Å²) in [5.74, 6) is 0.632. The van der Waals surface area contributed by atoms with Gasteiger partial charge in [-0.15, -0.1) is 0 Å². The Morgan fingerprint density at radius 1 is 1.07 bits per heavy atom. The summed E-state index contributed by atoms with van der Waals surface area (Å²) < 4.78 is 0. The quantitative estimate of drug-likeness (QED) is 0.871. The Balaban J connectivity index is 2.33. The highest BCUT2D eigenvalue weighted by atomic mass is 35.5. The third kappa shape index (κ3) is 2.28. The molecule has 2 heterocycles. The number of H-pyrrole nitrogens is 1. The molecule has 0 radical (unpaired) electrons. The minimum Gasteiger partial charge on any atom is -0.307 e. The van der Waals surface area contributed by atoms with Gasteiger partial charge in [0.15, 0.2) is 21.3 Å². The molecule has 0 aliphatic heterocycles. The molecule has 78 valence electrons. The van der Waals surface area contributed by atoms with Crippen LogP contribution < -0.4 is 5.32 Å². The lowest BCUT2D eigenvalue weighted by molar-refractivity contribution is 1.09. The van der Waals surface area contributed by atoms with E-state index in [4.69, 9.17) is 34.8 Å². The Morgan fingerprint density at radius 2 is 1.80 bits per heavy atom. The molecule has 0 aromatic carbocycles. The van der Waals surface area contributed by atoms with Crippen LogP contribution in [0.5, 0.6) is 0 Å². The molecular weight excluding hydrogens is 262 g/mol. The Labute approximate surface area is 99.0 Å². The molecule has 0 aliphatic rings. The molecule has 0 bridgehead atoms. The summed E-state index contributed by atoms with van der Waals surface area (Å²) in [6.07, 6.45) is 1.33. The lowest BCUT2D eigenvalue weighted by Crippen LogP contribution is -1.98. The van der Waals surface area contributed by atoms with Crippen LogP contribution in [0.1, 0.15) is 0 Å². The maximum Gasteiger partial charge on any atom is 0.224 e. The van der Waals surface area contributed by atoms with Gasteiger partial charge in [0.1, 0.15) is 6.33 Å². The molecule has 2 aromatic rings. The topological polar surface area (TPSA) is 79.4 Å². The first-order valence-electron chi connectivity index (χ1n) is 3.67. The summed E-state index contributed by atoms with van der Waals surface area (Å²) in [6, 6.07) is 0. The predicted molar refractivity (Wildman–Crippen MR) is 56.7 cm³/mol. The maximum atomic E-state index is 5.78. The number of hydrogen-bond acceptors (Lipinski definition) is 5. The lowest BCUT2D eigenvalue weighted by atomic mass is 10.6. The van der Waals surface area contributed by atoms with Gasteiger partial charge in [-0.05, 0) is 0 Å². The number of nitrogens with zero attached hydrogens (tertiary/aromatic N) is 4. The Morgan fingerprint density at radius 3 is 2.47 bits per heavy atom. The van der Waals surface area contributed by atoms with E-state index in [9.17, 15) is 0 Å². The summed E-state index contributed by atoms with van der Waals surface area (Å²) in [7, 11) is 0. The highest BCUT2D eigenvalue weighted by Crippen LogP contribution is 2.26. The van der Waals surface area contributed by atoms with E-state index < -0.39 is 0 Å². The van der Waals surface area contributed by atoms with Gasteiger partial charge < -0.3 is 5.32 Å². The highest BCUT2D eigenvalue weighted by molar-refractivity contribution is 6.41. The van der Waals surface area contributed by atoms with Crippen molar-refractivity contribution in [3.8, 4) is 0 Å². The fourth-order valence-electron chi connectivity index (χ4n) is 0.833. The first-order valence-corrected chi connectivity index (χ1v) is 4.81. The van der Waals surface area contributed by atoms with Crippen molar-refractivity contribution in [3.63, 3.8) is 0 Å². The van der Waals surface area contributed by atoms with E-state index in [0.29, 0.717) is 5.95 Å². The molecule has 2 N–H and O–H groups in total. The number of hydrogen-bond donors (Lipinski definition) is 2. The largest absolute Gasteiger partial charge is 0.307 e. The van der Waals surface area contributed by atoms with Gasteiger partial charge in [-0.25, -0.2) is 15.1 Å². The van der Waals surface area contributed by atoms with E-state index in [0.717, 1.165) is 0 Å². The van der Waals surface area contributed by atoms with Crippen molar-refractivity contribution < 1.29 is 0 Å². The van der Waals surface area contributed by atoms with Crippen LogP contribution >= 0.6 is 34.8 Å². The summed E-state index contributed by atoms with van der Waals surface area (Å²) >= 11 is 17.1. The van der Waals surface area contributed by atoms with Gasteiger partial charge in [0.05, 0.1) is 0 Å². The van der Waals surface area contributed by atoms with E-state index in [1.54, 1.807) is 0 Å². The fraction of sp³-hybridized carbons (Fsp3) is 0. The minimum atomic E-state index is 0.0461. The summed E-state index contributed by atoms with van der Waals surface area (Å²) in [5, 5.41) is 9.16. The molecule has 0 amide bonds. The van der Waals surface area contributed by atoms with Crippen LogP contribution in [-0.2, 0) is 0 Å². The van der Waals surface area contributed by atoms with Crippen molar-refractivity contribution in [1.82, 2.24) is 25.1 Å². The van der Waals surface area contributed by atoms with Crippen LogP contribution in [0.2, 0.25) is 15.5 Å². The predicted octanol–water partition coefficient (Wildman–Crippen LogP) is 2.30. The minimum absolute atomic E-state index is 0.0461. The van der Waals surface area contributed by atoms with E-state index in [1.165, 1.54) is 6.33 Å². The molecule has 0 unspecified atom stereocenters. The van der Waals surface area contributed by atoms with Gasteiger partial charge in [0.2, 0.25) is 5.95 Å². The number of anilines is 2. The second-order valence-electron chi connectivity index (χ2n) is 2.40. The zero-order valence-corrected chi connectivity index (χ0v) is 9.27. The average molecular weight is 265 g/mol. The van der Waals surface area contributed by atoms with Crippen LogP contribution in [0, 0.1) is 0 Å². The van der Waals surface area contributed by atoms with Crippen LogP contribution in [-0.4, -0.2) is 25.1 Å². The van der Waals surface area contributed by atoms with Crippen molar-refractivity contribution >= 4 is 46.6 Å². The van der Waals surface area contributed by atoms with E-state index >= 15 is 0 Å². The fourth-order valence-corrected chi connectivity index (χ4v) is 1.30. The maximum absolute atomic E-state index is 5.78. The smallest absolute Gasteiger partial charge is 0.224 e. The van der Waals surface area contributed by atoms with Crippen molar-refractivity contribution in [1.29, 1.82) is 0 Å². The van der Waals surface area contributed by atoms with Crippen molar-refractivity contribution in [2.75, 3.05) is 5.32 Å². The van der Waals surface area contributed by atoms with Crippen molar-refractivity contribution in [3.05, 3.63) is 21.8 Å². The van der Waals surface area contributed by atoms with Gasteiger partial charge in [-0.2, -0.15) is 10.1 Å². The number of nitrogens with one attached hydrogen (secondary N) is 2. The number of halogens is 3. The SMILES string of the molecule is Clc1nc(Cl)c(Nc2ncn[nH]2)nc1Cl. The number of aromatic nitrogens is 5. The van der Waals surface area contributed by atoms with Crippen LogP contribution in [0.25, 0.3) is 0 Å². The van der Waals surface area contributed by atoms with Gasteiger partial charge >= 0.3 is 0 Å². The summed E-state index contributed by atoms with van der Waals surface area (Å²) in [4.78, 5) is 11.5. The van der Waals surface area contributed by atoms with E-state index in [-0.39, 0.29) is 21.3 Å². The molecule has 0 saturated carbocycles. The van der Waals surface area contributed by atoms with Gasteiger partial charge in [0, 0.05) is 0 Å². The Bertz CT molecular complexity index is 470. The number of rotatable bonds is 2. The normalized spacial score (nSPS) is 10.3. The summed E-state index contributed by atoms with van der Waals surface area (Å²) in [6.45, 7) is 0. The second-order valence-corrected chi connectivity index (χ2v) is 3.48. The third-order valence-corrected chi connectivity index (χ3v) is 2.31.